The molecule has 4 rings (SSSR count). The van der Waals surface area contributed by atoms with Crippen LogP contribution in [0.3, 0.4) is 0 Å². The highest BCUT2D eigenvalue weighted by Gasteiger charge is 2.17. The number of aryl methyl sites for hydroxylation is 2. The van der Waals surface area contributed by atoms with Crippen LogP contribution in [0.4, 0.5) is 5.82 Å². The number of ether oxygens (including phenoxy) is 1. The van der Waals surface area contributed by atoms with Gasteiger partial charge in [0.05, 0.1) is 0 Å². The molecular weight excluding hydrogens is 358 g/mol. The van der Waals surface area contributed by atoms with Crippen LogP contribution in [0.2, 0.25) is 0 Å². The molecule has 144 valence electrons. The zero-order valence-corrected chi connectivity index (χ0v) is 15.9. The van der Waals surface area contributed by atoms with Gasteiger partial charge < -0.3 is 14.1 Å². The van der Waals surface area contributed by atoms with Gasteiger partial charge in [-0.3, -0.25) is 0 Å². The van der Waals surface area contributed by atoms with E-state index >= 15 is 0 Å². The topological polar surface area (TPSA) is 85.5 Å². The van der Waals surface area contributed by atoms with Gasteiger partial charge in [0.25, 0.3) is 0 Å². The molecule has 0 N–H and O–H groups in total. The van der Waals surface area contributed by atoms with Crippen LogP contribution in [0.5, 0.6) is 0 Å². The van der Waals surface area contributed by atoms with Gasteiger partial charge in [-0.15, -0.1) is 10.2 Å². The first-order valence-electron chi connectivity index (χ1n) is 9.31. The van der Waals surface area contributed by atoms with Gasteiger partial charge in [0, 0.05) is 30.1 Å². The molecule has 0 bridgehead atoms. The van der Waals surface area contributed by atoms with E-state index in [-0.39, 0.29) is 12.3 Å². The Balaban J connectivity index is 1.52. The molecule has 0 radical (unpaired) electrons. The van der Waals surface area contributed by atoms with Crippen molar-refractivity contribution >= 4 is 22.8 Å². The molecule has 0 atom stereocenters. The van der Waals surface area contributed by atoms with E-state index in [4.69, 9.17) is 9.15 Å². The fourth-order valence-electron chi connectivity index (χ4n) is 3.41. The zero-order chi connectivity index (χ0) is 19.7. The Morgan fingerprint density at radius 1 is 1.14 bits per heavy atom. The van der Waals surface area contributed by atoms with Crippen LogP contribution in [0, 0.1) is 13.8 Å². The van der Waals surface area contributed by atoms with Gasteiger partial charge in [0.2, 0.25) is 0 Å². The van der Waals surface area contributed by atoms with Crippen LogP contribution in [0.15, 0.2) is 39.5 Å². The summed E-state index contributed by atoms with van der Waals surface area (Å²) in [7, 11) is 0. The second-order valence-corrected chi connectivity index (χ2v) is 7.02. The number of esters is 1. The smallest absolute Gasteiger partial charge is 0.359 e. The Hall–Kier alpha value is -3.22. The normalized spacial score (nSPS) is 13.9. The molecule has 1 aliphatic heterocycles. The molecular formula is C21H21N3O4. The summed E-state index contributed by atoms with van der Waals surface area (Å²) >= 11 is 0. The minimum atomic E-state index is -0.578. The van der Waals surface area contributed by atoms with Gasteiger partial charge >= 0.3 is 11.6 Å². The number of rotatable bonds is 4. The predicted octanol–water partition coefficient (Wildman–Crippen LogP) is 3.16. The van der Waals surface area contributed by atoms with Crippen molar-refractivity contribution in [2.45, 2.75) is 33.3 Å². The van der Waals surface area contributed by atoms with Crippen LogP contribution in [0.25, 0.3) is 11.0 Å². The Morgan fingerprint density at radius 2 is 1.93 bits per heavy atom. The molecule has 1 aliphatic rings. The van der Waals surface area contributed by atoms with E-state index in [0.29, 0.717) is 11.1 Å². The zero-order valence-electron chi connectivity index (χ0n) is 15.9. The van der Waals surface area contributed by atoms with Crippen LogP contribution in [0.1, 0.15) is 40.0 Å². The lowest BCUT2D eigenvalue weighted by molar-refractivity contribution is 0.0465. The number of anilines is 1. The maximum absolute atomic E-state index is 12.4. The molecule has 28 heavy (non-hydrogen) atoms. The molecule has 2 aromatic heterocycles. The molecule has 0 aliphatic carbocycles. The predicted molar refractivity (Wildman–Crippen MR) is 105 cm³/mol. The third-order valence-electron chi connectivity index (χ3n) is 5.17. The minimum Gasteiger partial charge on any atom is -0.456 e. The summed E-state index contributed by atoms with van der Waals surface area (Å²) in [5, 5.41) is 8.88. The number of benzene rings is 1. The highest BCUT2D eigenvalue weighted by atomic mass is 16.5. The quantitative estimate of drug-likeness (QED) is 0.508. The average Bonchev–Trinajstić information content (AvgIpc) is 3.24. The summed E-state index contributed by atoms with van der Waals surface area (Å²) in [5.41, 5.74) is 2.71. The number of fused-ring (bicyclic) bond motifs is 1. The Morgan fingerprint density at radius 3 is 2.64 bits per heavy atom. The van der Waals surface area contributed by atoms with Gasteiger partial charge in [0.15, 0.2) is 11.5 Å². The van der Waals surface area contributed by atoms with Crippen LogP contribution in [-0.4, -0.2) is 29.3 Å². The third-order valence-corrected chi connectivity index (χ3v) is 5.17. The first-order chi connectivity index (χ1) is 13.5. The van der Waals surface area contributed by atoms with Crippen molar-refractivity contribution in [1.82, 2.24) is 10.2 Å². The second-order valence-electron chi connectivity index (χ2n) is 7.02. The Kier molecular flexibility index (Phi) is 4.81. The van der Waals surface area contributed by atoms with Gasteiger partial charge in [-0.2, -0.15) is 0 Å². The lowest BCUT2D eigenvalue weighted by Gasteiger charge is -2.15. The summed E-state index contributed by atoms with van der Waals surface area (Å²) < 4.78 is 10.7. The summed E-state index contributed by atoms with van der Waals surface area (Å²) in [6.07, 6.45) is 2.28. The van der Waals surface area contributed by atoms with Crippen molar-refractivity contribution < 1.29 is 13.9 Å². The molecule has 1 saturated heterocycles. The molecule has 1 aromatic carbocycles. The lowest BCUT2D eigenvalue weighted by Crippen LogP contribution is -2.20. The number of hydrogen-bond acceptors (Lipinski definition) is 7. The first-order valence-corrected chi connectivity index (χ1v) is 9.31. The standard InChI is InChI=1S/C21H21N3O4/c1-13-5-6-16-15(11-19(25)28-20(16)14(13)2)12-27-21(26)17-7-8-18(23-22-17)24-9-3-4-10-24/h5-8,11H,3-4,9-10,12H2,1-2H3. The fraction of sp³-hybridized carbons (Fsp3) is 0.333. The Bertz CT molecular complexity index is 1080. The number of carbonyl (C=O) groups excluding carboxylic acids is 1. The van der Waals surface area contributed by atoms with Crippen LogP contribution < -0.4 is 10.5 Å². The van der Waals surface area contributed by atoms with Crippen molar-refractivity contribution in [3.8, 4) is 0 Å². The molecule has 0 spiro atoms. The second kappa shape index (κ2) is 7.42. The maximum Gasteiger partial charge on any atom is 0.359 e. The maximum atomic E-state index is 12.4. The summed E-state index contributed by atoms with van der Waals surface area (Å²) in [6, 6.07) is 8.58. The van der Waals surface area contributed by atoms with E-state index in [1.807, 2.05) is 26.0 Å². The van der Waals surface area contributed by atoms with Gasteiger partial charge in [-0.05, 0) is 49.9 Å². The fourth-order valence-corrected chi connectivity index (χ4v) is 3.41. The molecule has 0 unspecified atom stereocenters. The summed E-state index contributed by atoms with van der Waals surface area (Å²) in [5.74, 6) is 0.192. The van der Waals surface area contributed by atoms with Crippen molar-refractivity contribution in [2.75, 3.05) is 18.0 Å². The largest absolute Gasteiger partial charge is 0.456 e. The molecule has 7 nitrogen and oxygen atoms in total. The van der Waals surface area contributed by atoms with E-state index in [1.165, 1.54) is 6.07 Å². The van der Waals surface area contributed by atoms with E-state index in [1.54, 1.807) is 12.1 Å². The molecule has 3 aromatic rings. The number of carbonyl (C=O) groups is 1. The van der Waals surface area contributed by atoms with E-state index in [0.717, 1.165) is 48.3 Å². The SMILES string of the molecule is Cc1ccc2c(COC(=O)c3ccc(N4CCCC4)nn3)cc(=O)oc2c1C. The highest BCUT2D eigenvalue weighted by Crippen LogP contribution is 2.24. The van der Waals surface area contributed by atoms with Crippen molar-refractivity contribution in [3.63, 3.8) is 0 Å². The van der Waals surface area contributed by atoms with Crippen molar-refractivity contribution in [1.29, 1.82) is 0 Å². The Labute approximate surface area is 161 Å². The minimum absolute atomic E-state index is 0.0427. The third kappa shape index (κ3) is 3.47. The monoisotopic (exact) mass is 379 g/mol. The molecule has 3 heterocycles. The van der Waals surface area contributed by atoms with Crippen LogP contribution >= 0.6 is 0 Å². The average molecular weight is 379 g/mol. The summed E-state index contributed by atoms with van der Waals surface area (Å²) in [6.45, 7) is 5.72. The van der Waals surface area contributed by atoms with Gasteiger partial charge in [-0.1, -0.05) is 12.1 Å². The lowest BCUT2D eigenvalue weighted by atomic mass is 10.0. The molecule has 1 fully saturated rings. The van der Waals surface area contributed by atoms with Crippen molar-refractivity contribution in [2.24, 2.45) is 0 Å². The molecule has 0 amide bonds. The number of hydrogen-bond donors (Lipinski definition) is 0. The van der Waals surface area contributed by atoms with Crippen molar-refractivity contribution in [3.05, 3.63) is 63.1 Å². The number of nitrogens with zero attached hydrogens (tertiary/aromatic N) is 3. The molecule has 7 heteroatoms. The highest BCUT2D eigenvalue weighted by molar-refractivity contribution is 5.88. The first kappa shape index (κ1) is 18.2. The van der Waals surface area contributed by atoms with E-state index in [2.05, 4.69) is 15.1 Å². The van der Waals surface area contributed by atoms with Gasteiger partial charge in [0.1, 0.15) is 12.2 Å². The molecule has 0 saturated carbocycles. The van der Waals surface area contributed by atoms with Gasteiger partial charge in [-0.25, -0.2) is 9.59 Å². The van der Waals surface area contributed by atoms with E-state index in [9.17, 15) is 9.59 Å². The van der Waals surface area contributed by atoms with Crippen LogP contribution in [-0.2, 0) is 11.3 Å². The summed E-state index contributed by atoms with van der Waals surface area (Å²) in [4.78, 5) is 26.4. The number of aromatic nitrogens is 2. The van der Waals surface area contributed by atoms with E-state index < -0.39 is 11.6 Å².